The molecule has 1 aromatic heterocycles. The molecule has 1 unspecified atom stereocenters. The highest BCUT2D eigenvalue weighted by molar-refractivity contribution is 7.89. The Balaban J connectivity index is 2.28. The largest absolute Gasteiger partial charge is 0.319 e. The molecule has 0 aliphatic carbocycles. The summed E-state index contributed by atoms with van der Waals surface area (Å²) in [5, 5.41) is 7.64. The summed E-state index contributed by atoms with van der Waals surface area (Å²) in [4.78, 5) is 0.281. The second-order valence-electron chi connectivity index (χ2n) is 4.41. The van der Waals surface area contributed by atoms with Gasteiger partial charge in [-0.2, -0.15) is 0 Å². The minimum atomic E-state index is -3.56. The van der Waals surface area contributed by atoms with Crippen molar-refractivity contribution in [2.24, 2.45) is 7.05 Å². The van der Waals surface area contributed by atoms with E-state index in [9.17, 15) is 8.42 Å². The van der Waals surface area contributed by atoms with Crippen LogP contribution in [-0.2, 0) is 17.1 Å². The molecule has 0 saturated carbocycles. The molecule has 7 heteroatoms. The first kappa shape index (κ1) is 13.7. The van der Waals surface area contributed by atoms with Gasteiger partial charge in [-0.15, -0.1) is 10.2 Å². The van der Waals surface area contributed by atoms with Crippen molar-refractivity contribution in [3.05, 3.63) is 42.0 Å². The van der Waals surface area contributed by atoms with Gasteiger partial charge in [0.25, 0.3) is 0 Å². The smallest absolute Gasteiger partial charge is 0.241 e. The SMILES string of the molecule is Cc1ccccc1S(=O)(=O)NC(C)c1nncn1C. The van der Waals surface area contributed by atoms with E-state index in [1.807, 2.05) is 0 Å². The predicted octanol–water partition coefficient (Wildman–Crippen LogP) is 1.16. The summed E-state index contributed by atoms with van der Waals surface area (Å²) in [5.74, 6) is 0.567. The molecule has 102 valence electrons. The molecule has 1 aromatic carbocycles. The molecule has 6 nitrogen and oxygen atoms in total. The number of aryl methyl sites for hydroxylation is 2. The predicted molar refractivity (Wildman–Crippen MR) is 70.9 cm³/mol. The van der Waals surface area contributed by atoms with Crippen molar-refractivity contribution < 1.29 is 8.42 Å². The highest BCUT2D eigenvalue weighted by Crippen LogP contribution is 2.17. The summed E-state index contributed by atoms with van der Waals surface area (Å²) in [6.45, 7) is 3.50. The molecule has 1 N–H and O–H groups in total. The average molecular weight is 280 g/mol. The monoisotopic (exact) mass is 280 g/mol. The van der Waals surface area contributed by atoms with Crippen molar-refractivity contribution in [3.63, 3.8) is 0 Å². The third kappa shape index (κ3) is 2.82. The van der Waals surface area contributed by atoms with Gasteiger partial charge in [-0.05, 0) is 25.5 Å². The molecule has 0 radical (unpaired) electrons. The van der Waals surface area contributed by atoms with Gasteiger partial charge >= 0.3 is 0 Å². The summed E-state index contributed by atoms with van der Waals surface area (Å²) < 4.78 is 28.9. The number of nitrogens with zero attached hydrogens (tertiary/aromatic N) is 3. The summed E-state index contributed by atoms with van der Waals surface area (Å²) in [6.07, 6.45) is 1.54. The fourth-order valence-corrected chi connectivity index (χ4v) is 3.34. The van der Waals surface area contributed by atoms with Gasteiger partial charge in [0.2, 0.25) is 10.0 Å². The van der Waals surface area contributed by atoms with Crippen LogP contribution in [0.3, 0.4) is 0 Å². The van der Waals surface area contributed by atoms with E-state index in [-0.39, 0.29) is 4.90 Å². The number of benzene rings is 1. The van der Waals surface area contributed by atoms with Crippen LogP contribution < -0.4 is 4.72 Å². The Kier molecular flexibility index (Phi) is 3.68. The van der Waals surface area contributed by atoms with Crippen LogP contribution in [0.2, 0.25) is 0 Å². The fraction of sp³-hybridized carbons (Fsp3) is 0.333. The van der Waals surface area contributed by atoms with Gasteiger partial charge in [-0.25, -0.2) is 13.1 Å². The molecular weight excluding hydrogens is 264 g/mol. The maximum atomic E-state index is 12.3. The maximum absolute atomic E-state index is 12.3. The van der Waals surface area contributed by atoms with Crippen molar-refractivity contribution in [1.29, 1.82) is 0 Å². The van der Waals surface area contributed by atoms with Gasteiger partial charge in [-0.3, -0.25) is 0 Å². The second kappa shape index (κ2) is 5.10. The zero-order chi connectivity index (χ0) is 14.0. The van der Waals surface area contributed by atoms with Crippen LogP contribution in [0, 0.1) is 6.92 Å². The van der Waals surface area contributed by atoms with E-state index in [2.05, 4.69) is 14.9 Å². The summed E-state index contributed by atoms with van der Waals surface area (Å²) in [6, 6.07) is 6.41. The molecule has 0 spiro atoms. The Morgan fingerprint density at radius 1 is 1.32 bits per heavy atom. The van der Waals surface area contributed by atoms with Gasteiger partial charge in [0.15, 0.2) is 0 Å². The lowest BCUT2D eigenvalue weighted by molar-refractivity contribution is 0.553. The Labute approximate surface area is 112 Å². The van der Waals surface area contributed by atoms with Crippen molar-refractivity contribution in [3.8, 4) is 0 Å². The zero-order valence-electron chi connectivity index (χ0n) is 11.0. The first-order chi connectivity index (χ1) is 8.92. The van der Waals surface area contributed by atoms with E-state index in [4.69, 9.17) is 0 Å². The molecule has 0 bridgehead atoms. The van der Waals surface area contributed by atoms with Crippen LogP contribution in [-0.4, -0.2) is 23.2 Å². The molecule has 0 aliphatic rings. The third-order valence-corrected chi connectivity index (χ3v) is 4.55. The lowest BCUT2D eigenvalue weighted by atomic mass is 10.2. The van der Waals surface area contributed by atoms with Crippen LogP contribution in [0.5, 0.6) is 0 Å². The molecule has 19 heavy (non-hydrogen) atoms. The second-order valence-corrected chi connectivity index (χ2v) is 6.09. The lowest BCUT2D eigenvalue weighted by Crippen LogP contribution is -2.29. The quantitative estimate of drug-likeness (QED) is 0.912. The molecule has 0 amide bonds. The van der Waals surface area contributed by atoms with Gasteiger partial charge in [0.05, 0.1) is 10.9 Å². The van der Waals surface area contributed by atoms with Crippen LogP contribution in [0.15, 0.2) is 35.5 Å². The Hall–Kier alpha value is -1.73. The summed E-state index contributed by atoms with van der Waals surface area (Å²) in [7, 11) is -1.79. The highest BCUT2D eigenvalue weighted by atomic mass is 32.2. The van der Waals surface area contributed by atoms with Crippen molar-refractivity contribution >= 4 is 10.0 Å². The van der Waals surface area contributed by atoms with Gasteiger partial charge in [0, 0.05) is 7.05 Å². The molecule has 2 aromatic rings. The van der Waals surface area contributed by atoms with Crippen LogP contribution in [0.25, 0.3) is 0 Å². The van der Waals surface area contributed by atoms with E-state index in [0.29, 0.717) is 11.4 Å². The zero-order valence-corrected chi connectivity index (χ0v) is 11.8. The van der Waals surface area contributed by atoms with Gasteiger partial charge in [-0.1, -0.05) is 18.2 Å². The number of hydrogen-bond donors (Lipinski definition) is 1. The molecule has 2 rings (SSSR count). The molecule has 1 atom stereocenters. The Morgan fingerprint density at radius 2 is 2.00 bits per heavy atom. The first-order valence-electron chi connectivity index (χ1n) is 5.83. The van der Waals surface area contributed by atoms with E-state index in [1.54, 1.807) is 49.7 Å². The normalized spacial score (nSPS) is 13.4. The van der Waals surface area contributed by atoms with Crippen LogP contribution in [0.1, 0.15) is 24.4 Å². The number of nitrogens with one attached hydrogen (secondary N) is 1. The lowest BCUT2D eigenvalue weighted by Gasteiger charge is -2.14. The number of aromatic nitrogens is 3. The third-order valence-electron chi connectivity index (χ3n) is 2.85. The molecule has 0 fully saturated rings. The highest BCUT2D eigenvalue weighted by Gasteiger charge is 2.22. The van der Waals surface area contributed by atoms with E-state index in [1.165, 1.54) is 6.33 Å². The molecule has 0 saturated heterocycles. The van der Waals surface area contributed by atoms with Crippen molar-refractivity contribution in [2.75, 3.05) is 0 Å². The standard InChI is InChI=1S/C12H16N4O2S/c1-9-6-4-5-7-11(9)19(17,18)15-10(2)12-14-13-8-16(12)3/h4-8,10,15H,1-3H3. The Bertz CT molecular complexity index is 679. The maximum Gasteiger partial charge on any atom is 0.241 e. The average Bonchev–Trinajstić information content (AvgIpc) is 2.75. The van der Waals surface area contributed by atoms with E-state index < -0.39 is 16.1 Å². The number of sulfonamides is 1. The van der Waals surface area contributed by atoms with E-state index >= 15 is 0 Å². The number of rotatable bonds is 4. The minimum Gasteiger partial charge on any atom is -0.319 e. The topological polar surface area (TPSA) is 76.9 Å². The minimum absolute atomic E-state index is 0.281. The molecule has 0 aliphatic heterocycles. The fourth-order valence-electron chi connectivity index (χ4n) is 1.89. The van der Waals surface area contributed by atoms with E-state index in [0.717, 1.165) is 0 Å². The van der Waals surface area contributed by atoms with Crippen molar-refractivity contribution in [2.45, 2.75) is 24.8 Å². The molecule has 1 heterocycles. The molecular formula is C12H16N4O2S. The van der Waals surface area contributed by atoms with Crippen LogP contribution >= 0.6 is 0 Å². The first-order valence-corrected chi connectivity index (χ1v) is 7.32. The van der Waals surface area contributed by atoms with Crippen LogP contribution in [0.4, 0.5) is 0 Å². The van der Waals surface area contributed by atoms with Crippen molar-refractivity contribution in [1.82, 2.24) is 19.5 Å². The summed E-state index contributed by atoms with van der Waals surface area (Å²) >= 11 is 0. The Morgan fingerprint density at radius 3 is 2.58 bits per heavy atom. The summed E-state index contributed by atoms with van der Waals surface area (Å²) in [5.41, 5.74) is 0.708. The van der Waals surface area contributed by atoms with Gasteiger partial charge in [0.1, 0.15) is 12.2 Å². The van der Waals surface area contributed by atoms with Gasteiger partial charge < -0.3 is 4.57 Å². The number of hydrogen-bond acceptors (Lipinski definition) is 4.